The van der Waals surface area contributed by atoms with Crippen molar-refractivity contribution >= 4 is 11.9 Å². The van der Waals surface area contributed by atoms with Gasteiger partial charge in [-0.1, -0.05) is 18.7 Å². The fourth-order valence-corrected chi connectivity index (χ4v) is 2.34. The molecule has 0 bridgehead atoms. The number of ether oxygens (including phenoxy) is 3. The maximum atomic E-state index is 12.2. The van der Waals surface area contributed by atoms with Crippen molar-refractivity contribution in [2.24, 2.45) is 0 Å². The largest absolute Gasteiger partial charge is 0.497 e. The summed E-state index contributed by atoms with van der Waals surface area (Å²) in [5.41, 5.74) is 2.01. The van der Waals surface area contributed by atoms with E-state index in [9.17, 15) is 9.59 Å². The lowest BCUT2D eigenvalue weighted by molar-refractivity contribution is -0.139. The molecule has 0 spiro atoms. The molecule has 2 rings (SSSR count). The monoisotopic (exact) mass is 368 g/mol. The third kappa shape index (κ3) is 6.62. The van der Waals surface area contributed by atoms with E-state index in [2.05, 4.69) is 6.58 Å². The van der Waals surface area contributed by atoms with Gasteiger partial charge >= 0.3 is 11.9 Å². The fraction of sp³-hybridized carbons (Fsp3) is 0.273. The molecule has 5 nitrogen and oxygen atoms in total. The SMILES string of the molecule is C=C(C)C(=O)OCCCCc1ccc(C(=O)Oc2ccc(OC)cc2)cc1. The van der Waals surface area contributed by atoms with Gasteiger partial charge in [0.25, 0.3) is 0 Å². The second-order valence-corrected chi connectivity index (χ2v) is 6.14. The molecule has 27 heavy (non-hydrogen) atoms. The Morgan fingerprint density at radius 1 is 0.926 bits per heavy atom. The number of benzene rings is 2. The number of carbonyl (C=O) groups excluding carboxylic acids is 2. The van der Waals surface area contributed by atoms with E-state index >= 15 is 0 Å². The highest BCUT2D eigenvalue weighted by Gasteiger charge is 2.09. The molecule has 0 aliphatic heterocycles. The first-order valence-corrected chi connectivity index (χ1v) is 8.77. The molecule has 0 N–H and O–H groups in total. The van der Waals surface area contributed by atoms with Gasteiger partial charge in [-0.05, 0) is 68.1 Å². The predicted molar refractivity (Wildman–Crippen MR) is 103 cm³/mol. The Kier molecular flexibility index (Phi) is 7.62. The average molecular weight is 368 g/mol. The van der Waals surface area contributed by atoms with Crippen LogP contribution in [0.4, 0.5) is 0 Å². The molecule has 5 heteroatoms. The van der Waals surface area contributed by atoms with Crippen molar-refractivity contribution in [2.75, 3.05) is 13.7 Å². The maximum absolute atomic E-state index is 12.2. The Balaban J connectivity index is 1.77. The number of esters is 2. The summed E-state index contributed by atoms with van der Waals surface area (Å²) in [6.07, 6.45) is 2.51. The van der Waals surface area contributed by atoms with Crippen LogP contribution in [0.1, 0.15) is 35.7 Å². The van der Waals surface area contributed by atoms with Crippen LogP contribution in [0, 0.1) is 0 Å². The van der Waals surface area contributed by atoms with Gasteiger partial charge in [0.15, 0.2) is 0 Å². The molecule has 0 fully saturated rings. The van der Waals surface area contributed by atoms with E-state index in [0.29, 0.717) is 29.2 Å². The maximum Gasteiger partial charge on any atom is 0.343 e. The Bertz CT molecular complexity index is 775. The summed E-state index contributed by atoms with van der Waals surface area (Å²) in [5, 5.41) is 0. The van der Waals surface area contributed by atoms with Gasteiger partial charge in [0, 0.05) is 5.57 Å². The molecule has 0 aliphatic rings. The van der Waals surface area contributed by atoms with Crippen molar-refractivity contribution in [3.63, 3.8) is 0 Å². The molecule has 2 aromatic rings. The zero-order chi connectivity index (χ0) is 19.6. The summed E-state index contributed by atoms with van der Waals surface area (Å²) in [4.78, 5) is 23.5. The number of hydrogen-bond donors (Lipinski definition) is 0. The molecular weight excluding hydrogens is 344 g/mol. The third-order valence-corrected chi connectivity index (χ3v) is 3.90. The van der Waals surface area contributed by atoms with E-state index in [-0.39, 0.29) is 5.97 Å². The van der Waals surface area contributed by atoms with Gasteiger partial charge in [0.05, 0.1) is 19.3 Å². The van der Waals surface area contributed by atoms with Gasteiger partial charge in [-0.3, -0.25) is 0 Å². The summed E-state index contributed by atoms with van der Waals surface area (Å²) in [6, 6.07) is 14.2. The molecule has 0 amide bonds. The zero-order valence-corrected chi connectivity index (χ0v) is 15.7. The number of aryl methyl sites for hydroxylation is 1. The molecule has 0 atom stereocenters. The van der Waals surface area contributed by atoms with Crippen LogP contribution in [0.3, 0.4) is 0 Å². The van der Waals surface area contributed by atoms with Gasteiger partial charge in [-0.15, -0.1) is 0 Å². The molecule has 0 aromatic heterocycles. The van der Waals surface area contributed by atoms with Crippen molar-refractivity contribution in [1.29, 1.82) is 0 Å². The molecule has 0 saturated heterocycles. The van der Waals surface area contributed by atoms with E-state index < -0.39 is 5.97 Å². The molecular formula is C22H24O5. The topological polar surface area (TPSA) is 61.8 Å². The molecule has 0 unspecified atom stereocenters. The normalized spacial score (nSPS) is 10.1. The fourth-order valence-electron chi connectivity index (χ4n) is 2.34. The Labute approximate surface area is 159 Å². The average Bonchev–Trinajstić information content (AvgIpc) is 2.68. The minimum absolute atomic E-state index is 0.352. The lowest BCUT2D eigenvalue weighted by Crippen LogP contribution is -2.08. The van der Waals surface area contributed by atoms with Crippen molar-refractivity contribution in [1.82, 2.24) is 0 Å². The predicted octanol–water partition coefficient (Wildman–Crippen LogP) is 4.36. The number of hydrogen-bond acceptors (Lipinski definition) is 5. The van der Waals surface area contributed by atoms with Crippen LogP contribution in [0.2, 0.25) is 0 Å². The highest BCUT2D eigenvalue weighted by molar-refractivity contribution is 5.91. The lowest BCUT2D eigenvalue weighted by atomic mass is 10.1. The molecule has 0 heterocycles. The van der Waals surface area contributed by atoms with Crippen LogP contribution in [0.15, 0.2) is 60.7 Å². The second kappa shape index (κ2) is 10.2. The lowest BCUT2D eigenvalue weighted by Gasteiger charge is -2.07. The molecule has 142 valence electrons. The van der Waals surface area contributed by atoms with Crippen molar-refractivity contribution in [3.8, 4) is 11.5 Å². The van der Waals surface area contributed by atoms with Gasteiger partial charge in [-0.25, -0.2) is 9.59 Å². The highest BCUT2D eigenvalue weighted by atomic mass is 16.5. The van der Waals surface area contributed by atoms with E-state index in [1.54, 1.807) is 50.4 Å². The Morgan fingerprint density at radius 3 is 2.15 bits per heavy atom. The first-order valence-electron chi connectivity index (χ1n) is 8.77. The smallest absolute Gasteiger partial charge is 0.343 e. The van der Waals surface area contributed by atoms with Crippen LogP contribution in [-0.4, -0.2) is 25.7 Å². The minimum Gasteiger partial charge on any atom is -0.497 e. The molecule has 0 saturated carbocycles. The van der Waals surface area contributed by atoms with Crippen LogP contribution >= 0.6 is 0 Å². The summed E-state index contributed by atoms with van der Waals surface area (Å²) < 4.78 is 15.5. The molecule has 0 radical (unpaired) electrons. The van der Waals surface area contributed by atoms with E-state index in [1.807, 2.05) is 12.1 Å². The second-order valence-electron chi connectivity index (χ2n) is 6.14. The van der Waals surface area contributed by atoms with Gasteiger partial charge in [-0.2, -0.15) is 0 Å². The van der Waals surface area contributed by atoms with Crippen molar-refractivity contribution < 1.29 is 23.8 Å². The zero-order valence-electron chi connectivity index (χ0n) is 15.7. The highest BCUT2D eigenvalue weighted by Crippen LogP contribution is 2.18. The Hall–Kier alpha value is -3.08. The standard InChI is InChI=1S/C22H24O5/c1-16(2)21(23)26-15-5-4-6-17-7-9-18(10-8-17)22(24)27-20-13-11-19(25-3)12-14-20/h7-14H,1,4-6,15H2,2-3H3. The van der Waals surface area contributed by atoms with E-state index in [4.69, 9.17) is 14.2 Å². The van der Waals surface area contributed by atoms with Crippen LogP contribution in [0.5, 0.6) is 11.5 Å². The first-order chi connectivity index (χ1) is 13.0. The van der Waals surface area contributed by atoms with Crippen molar-refractivity contribution in [2.45, 2.75) is 26.2 Å². The summed E-state index contributed by atoms with van der Waals surface area (Å²) >= 11 is 0. The quantitative estimate of drug-likeness (QED) is 0.285. The van der Waals surface area contributed by atoms with Gasteiger partial charge in [0.1, 0.15) is 11.5 Å². The summed E-state index contributed by atoms with van der Waals surface area (Å²) in [5.74, 6) is 0.413. The van der Waals surface area contributed by atoms with Crippen LogP contribution < -0.4 is 9.47 Å². The molecule has 0 aliphatic carbocycles. The first kappa shape index (κ1) is 20.2. The number of methoxy groups -OCH3 is 1. The summed E-state index contributed by atoms with van der Waals surface area (Å²) in [7, 11) is 1.58. The van der Waals surface area contributed by atoms with E-state index in [0.717, 1.165) is 24.8 Å². The number of rotatable bonds is 9. The van der Waals surface area contributed by atoms with Crippen LogP contribution in [-0.2, 0) is 16.0 Å². The third-order valence-electron chi connectivity index (χ3n) is 3.90. The Morgan fingerprint density at radius 2 is 1.56 bits per heavy atom. The minimum atomic E-state index is -0.404. The van der Waals surface area contributed by atoms with Crippen molar-refractivity contribution in [3.05, 3.63) is 71.8 Å². The van der Waals surface area contributed by atoms with Gasteiger partial charge < -0.3 is 14.2 Å². The number of carbonyl (C=O) groups is 2. The molecule has 2 aromatic carbocycles. The van der Waals surface area contributed by atoms with E-state index in [1.165, 1.54) is 0 Å². The van der Waals surface area contributed by atoms with Crippen LogP contribution in [0.25, 0.3) is 0 Å². The number of unbranched alkanes of at least 4 members (excludes halogenated alkanes) is 1. The summed E-state index contributed by atoms with van der Waals surface area (Å²) in [6.45, 7) is 5.56. The van der Waals surface area contributed by atoms with Gasteiger partial charge in [0.2, 0.25) is 0 Å².